The summed E-state index contributed by atoms with van der Waals surface area (Å²) in [5.41, 5.74) is 0.577. The second kappa shape index (κ2) is 8.02. The van der Waals surface area contributed by atoms with Gasteiger partial charge in [-0.05, 0) is 24.1 Å². The molecule has 1 heterocycles. The predicted octanol–water partition coefficient (Wildman–Crippen LogP) is 2.87. The summed E-state index contributed by atoms with van der Waals surface area (Å²) in [6, 6.07) is 5.14. The Kier molecular flexibility index (Phi) is 5.79. The van der Waals surface area contributed by atoms with E-state index in [0.717, 1.165) is 12.6 Å². The molecule has 122 valence electrons. The van der Waals surface area contributed by atoms with Crippen LogP contribution in [0.15, 0.2) is 30.5 Å². The number of rotatable bonds is 6. The van der Waals surface area contributed by atoms with Crippen molar-refractivity contribution >= 4 is 11.8 Å². The van der Waals surface area contributed by atoms with Crippen molar-refractivity contribution in [3.63, 3.8) is 0 Å². The lowest BCUT2D eigenvalue weighted by Gasteiger charge is -2.09. The molecule has 0 fully saturated rings. The highest BCUT2D eigenvalue weighted by molar-refractivity contribution is 5.88. The molecule has 0 saturated heterocycles. The lowest BCUT2D eigenvalue weighted by Crippen LogP contribution is -2.30. The van der Waals surface area contributed by atoms with E-state index in [1.165, 1.54) is 12.1 Å². The molecule has 1 aromatic heterocycles. The molecule has 2 N–H and O–H groups in total. The third kappa shape index (κ3) is 5.17. The van der Waals surface area contributed by atoms with Gasteiger partial charge in [-0.1, -0.05) is 19.1 Å². The van der Waals surface area contributed by atoms with Gasteiger partial charge in [0.2, 0.25) is 0 Å². The van der Waals surface area contributed by atoms with E-state index in [0.29, 0.717) is 12.1 Å². The largest absolute Gasteiger partial charge is 0.459 e. The van der Waals surface area contributed by atoms with E-state index in [1.54, 1.807) is 12.1 Å². The first-order valence-corrected chi connectivity index (χ1v) is 7.03. The summed E-state index contributed by atoms with van der Waals surface area (Å²) < 4.78 is 31.9. The number of urea groups is 1. The minimum atomic E-state index is -0.783. The van der Waals surface area contributed by atoms with Crippen molar-refractivity contribution in [2.24, 2.45) is 0 Å². The topological polar surface area (TPSA) is 76.1 Å². The number of aromatic nitrogens is 2. The molecule has 0 atom stereocenters. The van der Waals surface area contributed by atoms with Gasteiger partial charge in [-0.2, -0.15) is 4.98 Å². The summed E-state index contributed by atoms with van der Waals surface area (Å²) >= 11 is 0. The fourth-order valence-corrected chi connectivity index (χ4v) is 1.67. The smallest absolute Gasteiger partial charge is 0.320 e. The van der Waals surface area contributed by atoms with Crippen molar-refractivity contribution in [2.75, 3.05) is 11.9 Å². The van der Waals surface area contributed by atoms with E-state index in [1.807, 2.05) is 6.92 Å². The number of halogens is 2. The summed E-state index contributed by atoms with van der Waals surface area (Å²) in [6.07, 6.45) is 1.64. The minimum Gasteiger partial charge on any atom is -0.459 e. The lowest BCUT2D eigenvalue weighted by atomic mass is 10.2. The van der Waals surface area contributed by atoms with E-state index in [4.69, 9.17) is 4.74 Å². The molecule has 1 aromatic carbocycles. The van der Waals surface area contributed by atoms with Crippen LogP contribution in [-0.4, -0.2) is 22.5 Å². The average Bonchev–Trinajstić information content (AvgIpc) is 2.54. The molecule has 6 nitrogen and oxygen atoms in total. The summed E-state index contributed by atoms with van der Waals surface area (Å²) in [5, 5.41) is 4.81. The van der Waals surface area contributed by atoms with Crippen LogP contribution >= 0.6 is 0 Å². The van der Waals surface area contributed by atoms with Crippen LogP contribution in [0, 0.1) is 11.6 Å². The number of hydrogen-bond donors (Lipinski definition) is 2. The first-order chi connectivity index (χ1) is 11.1. The highest BCUT2D eigenvalue weighted by Gasteiger charge is 2.11. The molecular weight excluding hydrogens is 306 g/mol. The number of amides is 2. The van der Waals surface area contributed by atoms with Crippen LogP contribution < -0.4 is 15.4 Å². The van der Waals surface area contributed by atoms with Gasteiger partial charge in [0, 0.05) is 6.54 Å². The molecule has 0 aliphatic rings. The maximum absolute atomic E-state index is 13.6. The van der Waals surface area contributed by atoms with Gasteiger partial charge in [-0.3, -0.25) is 5.32 Å². The maximum Gasteiger partial charge on any atom is 0.320 e. The van der Waals surface area contributed by atoms with Gasteiger partial charge in [0.15, 0.2) is 11.6 Å². The number of hydrogen-bond acceptors (Lipinski definition) is 4. The average molecular weight is 322 g/mol. The molecule has 2 aromatic rings. The number of nitrogens with one attached hydrogen (secondary N) is 2. The number of carbonyl (C=O) groups excluding carboxylic acids is 1. The molecule has 2 rings (SSSR count). The van der Waals surface area contributed by atoms with Gasteiger partial charge < -0.3 is 10.1 Å². The van der Waals surface area contributed by atoms with Crippen molar-refractivity contribution in [1.29, 1.82) is 0 Å². The predicted molar refractivity (Wildman–Crippen MR) is 80.0 cm³/mol. The number of anilines is 1. The van der Waals surface area contributed by atoms with Crippen molar-refractivity contribution in [3.8, 4) is 6.01 Å². The highest BCUT2D eigenvalue weighted by atomic mass is 19.1. The van der Waals surface area contributed by atoms with Crippen molar-refractivity contribution in [2.45, 2.75) is 20.0 Å². The van der Waals surface area contributed by atoms with Gasteiger partial charge in [0.25, 0.3) is 0 Å². The second-order valence-electron chi connectivity index (χ2n) is 4.65. The first-order valence-electron chi connectivity index (χ1n) is 7.03. The SMILES string of the molecule is CCCNC(=O)Nc1nc(OCc2cccc(F)c2)ncc1F. The van der Waals surface area contributed by atoms with Crippen LogP contribution in [0.3, 0.4) is 0 Å². The molecule has 8 heteroatoms. The van der Waals surface area contributed by atoms with E-state index in [9.17, 15) is 13.6 Å². The molecule has 0 radical (unpaired) electrons. The zero-order valence-electron chi connectivity index (χ0n) is 12.5. The Balaban J connectivity index is 2.00. The van der Waals surface area contributed by atoms with Gasteiger partial charge >= 0.3 is 12.0 Å². The Morgan fingerprint density at radius 3 is 2.91 bits per heavy atom. The van der Waals surface area contributed by atoms with Gasteiger partial charge in [0.05, 0.1) is 6.20 Å². The number of carbonyl (C=O) groups is 1. The number of benzene rings is 1. The van der Waals surface area contributed by atoms with Crippen molar-refractivity contribution in [1.82, 2.24) is 15.3 Å². The Bertz CT molecular complexity index is 682. The molecule has 0 saturated carbocycles. The zero-order chi connectivity index (χ0) is 16.7. The van der Waals surface area contributed by atoms with Crippen molar-refractivity contribution < 1.29 is 18.3 Å². The van der Waals surface area contributed by atoms with E-state index in [2.05, 4.69) is 20.6 Å². The number of nitrogens with zero attached hydrogens (tertiary/aromatic N) is 2. The van der Waals surface area contributed by atoms with Crippen LogP contribution in [0.25, 0.3) is 0 Å². The van der Waals surface area contributed by atoms with Crippen molar-refractivity contribution in [3.05, 3.63) is 47.7 Å². The lowest BCUT2D eigenvalue weighted by molar-refractivity contribution is 0.251. The molecule has 0 aliphatic carbocycles. The van der Waals surface area contributed by atoms with Crippen LogP contribution in [0.2, 0.25) is 0 Å². The molecule has 2 amide bonds. The van der Waals surface area contributed by atoms with Gasteiger partial charge in [-0.15, -0.1) is 0 Å². The molecule has 0 spiro atoms. The fraction of sp³-hybridized carbons (Fsp3) is 0.267. The Labute approximate surface area is 131 Å². The summed E-state index contributed by atoms with van der Waals surface area (Å²) in [7, 11) is 0. The summed E-state index contributed by atoms with van der Waals surface area (Å²) in [5.74, 6) is -1.46. The van der Waals surface area contributed by atoms with Gasteiger partial charge in [0.1, 0.15) is 12.4 Å². The highest BCUT2D eigenvalue weighted by Crippen LogP contribution is 2.14. The number of ether oxygens (including phenoxy) is 1. The monoisotopic (exact) mass is 322 g/mol. The molecular formula is C15H16F2N4O2. The minimum absolute atomic E-state index is 0.0187. The van der Waals surface area contributed by atoms with Crippen LogP contribution in [0.1, 0.15) is 18.9 Å². The fourth-order valence-electron chi connectivity index (χ4n) is 1.67. The van der Waals surface area contributed by atoms with E-state index < -0.39 is 11.8 Å². The van der Waals surface area contributed by atoms with E-state index >= 15 is 0 Å². The quantitative estimate of drug-likeness (QED) is 0.857. The molecule has 0 bridgehead atoms. The third-order valence-electron chi connectivity index (χ3n) is 2.75. The maximum atomic E-state index is 13.6. The Hall–Kier alpha value is -2.77. The summed E-state index contributed by atoms with van der Waals surface area (Å²) in [4.78, 5) is 19.0. The molecule has 23 heavy (non-hydrogen) atoms. The molecule has 0 aliphatic heterocycles. The molecule has 0 unspecified atom stereocenters. The third-order valence-corrected chi connectivity index (χ3v) is 2.75. The zero-order valence-corrected chi connectivity index (χ0v) is 12.5. The van der Waals surface area contributed by atoms with E-state index in [-0.39, 0.29) is 24.3 Å². The standard InChI is InChI=1S/C15H16F2N4O2/c1-2-6-18-14(22)20-13-12(17)8-19-15(21-13)23-9-10-4-3-5-11(16)7-10/h3-5,7-8H,2,6,9H2,1H3,(H2,18,19,20,21,22). The normalized spacial score (nSPS) is 10.2. The Morgan fingerprint density at radius 1 is 1.35 bits per heavy atom. The summed E-state index contributed by atoms with van der Waals surface area (Å²) in [6.45, 7) is 2.37. The van der Waals surface area contributed by atoms with Crippen LogP contribution in [0.4, 0.5) is 19.4 Å². The van der Waals surface area contributed by atoms with Crippen LogP contribution in [-0.2, 0) is 6.61 Å². The van der Waals surface area contributed by atoms with Gasteiger partial charge in [-0.25, -0.2) is 18.6 Å². The Morgan fingerprint density at radius 2 is 2.17 bits per heavy atom. The first kappa shape index (κ1) is 16.6. The second-order valence-corrected chi connectivity index (χ2v) is 4.65. The van der Waals surface area contributed by atoms with Crippen LogP contribution in [0.5, 0.6) is 6.01 Å².